The van der Waals surface area contributed by atoms with E-state index in [-0.39, 0.29) is 36.2 Å². The lowest BCUT2D eigenvalue weighted by atomic mass is 9.96. The molecular formula is C18H24N2O4. The third-order valence-corrected chi connectivity index (χ3v) is 4.34. The number of rotatable bonds is 5. The molecule has 1 aliphatic rings. The number of nitrogens with one attached hydrogen (secondary N) is 1. The number of hydrogen-bond acceptors (Lipinski definition) is 4. The van der Waals surface area contributed by atoms with Crippen LogP contribution in [0, 0.1) is 5.92 Å². The van der Waals surface area contributed by atoms with E-state index in [0.29, 0.717) is 25.9 Å². The lowest BCUT2D eigenvalue weighted by molar-refractivity contribution is -0.149. The normalized spacial score (nSPS) is 16.3. The third kappa shape index (κ3) is 4.81. The van der Waals surface area contributed by atoms with E-state index in [4.69, 9.17) is 4.74 Å². The molecule has 0 aromatic heterocycles. The zero-order valence-corrected chi connectivity index (χ0v) is 14.2. The molecule has 0 radical (unpaired) electrons. The van der Waals surface area contributed by atoms with Crippen molar-refractivity contribution in [2.75, 3.05) is 20.2 Å². The summed E-state index contributed by atoms with van der Waals surface area (Å²) in [6.07, 6.45) is 1.45. The Morgan fingerprint density at radius 3 is 2.38 bits per heavy atom. The second-order valence-electron chi connectivity index (χ2n) is 6.05. The van der Waals surface area contributed by atoms with Gasteiger partial charge in [0.05, 0.1) is 25.5 Å². The topological polar surface area (TPSA) is 75.7 Å². The first kappa shape index (κ1) is 18.0. The van der Waals surface area contributed by atoms with Gasteiger partial charge in [-0.1, -0.05) is 30.3 Å². The zero-order valence-electron chi connectivity index (χ0n) is 14.2. The maximum atomic E-state index is 12.6. The molecule has 1 aromatic rings. The van der Waals surface area contributed by atoms with Crippen molar-refractivity contribution in [1.82, 2.24) is 10.2 Å². The Labute approximate surface area is 142 Å². The number of nitrogens with zero attached hydrogens (tertiary/aromatic N) is 1. The maximum absolute atomic E-state index is 12.6. The van der Waals surface area contributed by atoms with Gasteiger partial charge in [0.2, 0.25) is 11.8 Å². The van der Waals surface area contributed by atoms with E-state index in [1.807, 2.05) is 30.3 Å². The van der Waals surface area contributed by atoms with Crippen LogP contribution in [-0.4, -0.2) is 42.9 Å². The Morgan fingerprint density at radius 2 is 1.83 bits per heavy atom. The van der Waals surface area contributed by atoms with Gasteiger partial charge >= 0.3 is 5.97 Å². The summed E-state index contributed by atoms with van der Waals surface area (Å²) in [5.41, 5.74) is 0.908. The zero-order chi connectivity index (χ0) is 17.5. The molecule has 6 nitrogen and oxygen atoms in total. The number of esters is 1. The van der Waals surface area contributed by atoms with Crippen molar-refractivity contribution in [2.24, 2.45) is 5.92 Å². The quantitative estimate of drug-likeness (QED) is 0.832. The van der Waals surface area contributed by atoms with Crippen LogP contribution in [0.4, 0.5) is 0 Å². The van der Waals surface area contributed by atoms with Crippen molar-refractivity contribution < 1.29 is 19.1 Å². The SMILES string of the molecule is COC(=O)C1CCN(C(=O)CC(NC(C)=O)c2ccccc2)CC1. The Balaban J connectivity index is 1.96. The van der Waals surface area contributed by atoms with Crippen LogP contribution in [-0.2, 0) is 19.1 Å². The summed E-state index contributed by atoms with van der Waals surface area (Å²) < 4.78 is 4.76. The first-order valence-electron chi connectivity index (χ1n) is 8.19. The van der Waals surface area contributed by atoms with Gasteiger partial charge in [0, 0.05) is 20.0 Å². The summed E-state index contributed by atoms with van der Waals surface area (Å²) in [6, 6.07) is 9.13. The second-order valence-corrected chi connectivity index (χ2v) is 6.05. The lowest BCUT2D eigenvalue weighted by Gasteiger charge is -2.32. The second kappa shape index (κ2) is 8.47. The predicted octanol–water partition coefficient (Wildman–Crippen LogP) is 1.67. The minimum Gasteiger partial charge on any atom is -0.469 e. The van der Waals surface area contributed by atoms with Crippen LogP contribution in [0.15, 0.2) is 30.3 Å². The number of ether oxygens (including phenoxy) is 1. The molecule has 2 rings (SSSR count). The number of piperidine rings is 1. The molecule has 2 amide bonds. The van der Waals surface area contributed by atoms with Crippen LogP contribution in [0.1, 0.15) is 37.8 Å². The smallest absolute Gasteiger partial charge is 0.308 e. The summed E-state index contributed by atoms with van der Waals surface area (Å²) in [5, 5.41) is 2.84. The summed E-state index contributed by atoms with van der Waals surface area (Å²) in [7, 11) is 1.39. The summed E-state index contributed by atoms with van der Waals surface area (Å²) >= 11 is 0. The highest BCUT2D eigenvalue weighted by atomic mass is 16.5. The monoisotopic (exact) mass is 332 g/mol. The van der Waals surface area contributed by atoms with E-state index in [1.54, 1.807) is 4.90 Å². The average molecular weight is 332 g/mol. The highest BCUT2D eigenvalue weighted by Crippen LogP contribution is 2.22. The van der Waals surface area contributed by atoms with Gasteiger partial charge < -0.3 is 15.0 Å². The molecule has 24 heavy (non-hydrogen) atoms. The van der Waals surface area contributed by atoms with Crippen molar-refractivity contribution >= 4 is 17.8 Å². The Hall–Kier alpha value is -2.37. The van der Waals surface area contributed by atoms with E-state index in [9.17, 15) is 14.4 Å². The van der Waals surface area contributed by atoms with E-state index in [0.717, 1.165) is 5.56 Å². The van der Waals surface area contributed by atoms with E-state index >= 15 is 0 Å². The van der Waals surface area contributed by atoms with Gasteiger partial charge in [0.15, 0.2) is 0 Å². The van der Waals surface area contributed by atoms with Gasteiger partial charge in [0.25, 0.3) is 0 Å². The Kier molecular flexibility index (Phi) is 6.35. The molecule has 1 aromatic carbocycles. The number of likely N-dealkylation sites (tertiary alicyclic amines) is 1. The van der Waals surface area contributed by atoms with Crippen LogP contribution in [0.25, 0.3) is 0 Å². The predicted molar refractivity (Wildman–Crippen MR) is 88.9 cm³/mol. The number of benzene rings is 1. The van der Waals surface area contributed by atoms with Crippen LogP contribution in [0.2, 0.25) is 0 Å². The Morgan fingerprint density at radius 1 is 1.21 bits per heavy atom. The molecule has 1 fully saturated rings. The highest BCUT2D eigenvalue weighted by Gasteiger charge is 2.29. The molecule has 0 aliphatic carbocycles. The summed E-state index contributed by atoms with van der Waals surface area (Å²) in [6.45, 7) is 2.53. The van der Waals surface area contributed by atoms with Crippen molar-refractivity contribution in [3.05, 3.63) is 35.9 Å². The van der Waals surface area contributed by atoms with E-state index in [1.165, 1.54) is 14.0 Å². The van der Waals surface area contributed by atoms with Crippen molar-refractivity contribution in [3.8, 4) is 0 Å². The van der Waals surface area contributed by atoms with Gasteiger partial charge in [-0.05, 0) is 18.4 Å². The number of methoxy groups -OCH3 is 1. The maximum Gasteiger partial charge on any atom is 0.308 e. The van der Waals surface area contributed by atoms with Gasteiger partial charge in [0.1, 0.15) is 0 Å². The summed E-state index contributed by atoms with van der Waals surface area (Å²) in [4.78, 5) is 37.3. The van der Waals surface area contributed by atoms with E-state index in [2.05, 4.69) is 5.32 Å². The first-order valence-corrected chi connectivity index (χ1v) is 8.19. The van der Waals surface area contributed by atoms with Crippen LogP contribution in [0.5, 0.6) is 0 Å². The van der Waals surface area contributed by atoms with Crippen molar-refractivity contribution in [1.29, 1.82) is 0 Å². The molecule has 1 N–H and O–H groups in total. The number of carbonyl (C=O) groups is 3. The number of hydrogen-bond donors (Lipinski definition) is 1. The molecule has 1 atom stereocenters. The molecule has 1 heterocycles. The fraction of sp³-hybridized carbons (Fsp3) is 0.500. The van der Waals surface area contributed by atoms with Gasteiger partial charge in [-0.2, -0.15) is 0 Å². The molecule has 0 saturated carbocycles. The molecule has 1 aliphatic heterocycles. The highest BCUT2D eigenvalue weighted by molar-refractivity contribution is 5.80. The largest absolute Gasteiger partial charge is 0.469 e. The van der Waals surface area contributed by atoms with Gasteiger partial charge in [-0.3, -0.25) is 14.4 Å². The lowest BCUT2D eigenvalue weighted by Crippen LogP contribution is -2.42. The van der Waals surface area contributed by atoms with E-state index < -0.39 is 0 Å². The van der Waals surface area contributed by atoms with Gasteiger partial charge in [-0.25, -0.2) is 0 Å². The van der Waals surface area contributed by atoms with Crippen LogP contribution < -0.4 is 5.32 Å². The molecule has 130 valence electrons. The summed E-state index contributed by atoms with van der Waals surface area (Å²) in [5.74, 6) is -0.510. The van der Waals surface area contributed by atoms with Crippen LogP contribution in [0.3, 0.4) is 0 Å². The van der Waals surface area contributed by atoms with Crippen molar-refractivity contribution in [3.63, 3.8) is 0 Å². The number of carbonyl (C=O) groups excluding carboxylic acids is 3. The molecule has 1 unspecified atom stereocenters. The number of amides is 2. The van der Waals surface area contributed by atoms with Crippen LogP contribution >= 0.6 is 0 Å². The minimum atomic E-state index is -0.338. The fourth-order valence-electron chi connectivity index (χ4n) is 3.02. The third-order valence-electron chi connectivity index (χ3n) is 4.34. The minimum absolute atomic E-state index is 0.0130. The molecule has 1 saturated heterocycles. The molecule has 0 spiro atoms. The molecular weight excluding hydrogens is 308 g/mol. The first-order chi connectivity index (χ1) is 11.5. The van der Waals surface area contributed by atoms with Crippen molar-refractivity contribution in [2.45, 2.75) is 32.2 Å². The van der Waals surface area contributed by atoms with Gasteiger partial charge in [-0.15, -0.1) is 0 Å². The average Bonchev–Trinajstić information content (AvgIpc) is 2.61. The molecule has 0 bridgehead atoms. The molecule has 6 heteroatoms. The standard InChI is InChI=1S/C18H24N2O4/c1-13(21)19-16(14-6-4-3-5-7-14)12-17(22)20-10-8-15(9-11-20)18(23)24-2/h3-7,15-16H,8-12H2,1-2H3,(H,19,21). The Bertz CT molecular complexity index is 580. The fourth-order valence-corrected chi connectivity index (χ4v) is 3.02.